The van der Waals surface area contributed by atoms with Crippen LogP contribution in [-0.2, 0) is 0 Å². The van der Waals surface area contributed by atoms with Crippen molar-refractivity contribution in [3.63, 3.8) is 0 Å². The molecule has 0 amide bonds. The fourth-order valence-electron chi connectivity index (χ4n) is 1.64. The molecule has 1 aromatic rings. The van der Waals surface area contributed by atoms with Gasteiger partial charge in [-0.3, -0.25) is 9.59 Å². The van der Waals surface area contributed by atoms with Crippen LogP contribution in [-0.4, -0.2) is 11.6 Å². The predicted molar refractivity (Wildman–Crippen MR) is 74.0 cm³/mol. The lowest BCUT2D eigenvalue weighted by Gasteiger charge is -2.18. The van der Waals surface area contributed by atoms with Gasteiger partial charge in [0, 0.05) is 22.0 Å². The number of rotatable bonds is 2. The van der Waals surface area contributed by atoms with Crippen LogP contribution < -0.4 is 0 Å². The number of hydrogen-bond donors (Lipinski definition) is 0. The van der Waals surface area contributed by atoms with Crippen molar-refractivity contribution < 1.29 is 9.59 Å². The maximum atomic E-state index is 12.1. The van der Waals surface area contributed by atoms with Gasteiger partial charge in [0.2, 0.25) is 0 Å². The van der Waals surface area contributed by atoms with Crippen molar-refractivity contribution in [2.45, 2.75) is 41.5 Å². The van der Waals surface area contributed by atoms with Gasteiger partial charge in [-0.15, -0.1) is 0 Å². The van der Waals surface area contributed by atoms with Crippen molar-refractivity contribution in [1.29, 1.82) is 0 Å². The summed E-state index contributed by atoms with van der Waals surface area (Å²) in [6, 6.07) is 6.97. The first kappa shape index (κ1) is 14.6. The number of benzene rings is 1. The van der Waals surface area contributed by atoms with E-state index in [4.69, 9.17) is 0 Å². The van der Waals surface area contributed by atoms with Crippen molar-refractivity contribution in [2.75, 3.05) is 0 Å². The van der Waals surface area contributed by atoms with Gasteiger partial charge in [0.25, 0.3) is 0 Å². The normalized spacial score (nSPS) is 12.3. The second kappa shape index (κ2) is 4.68. The van der Waals surface area contributed by atoms with Crippen molar-refractivity contribution in [1.82, 2.24) is 0 Å². The van der Waals surface area contributed by atoms with E-state index in [0.29, 0.717) is 11.1 Å². The first-order valence-electron chi connectivity index (χ1n) is 6.23. The molecule has 2 heteroatoms. The van der Waals surface area contributed by atoms with Crippen molar-refractivity contribution >= 4 is 11.6 Å². The standard InChI is InChI=1S/C16H22O2/c1-15(2,3)13(17)11-7-9-12(10-8-11)14(18)16(4,5)6/h7-10H,1-6H3. The lowest BCUT2D eigenvalue weighted by molar-refractivity contribution is 0.0848. The third-order valence-electron chi connectivity index (χ3n) is 2.77. The molecule has 1 aromatic carbocycles. The zero-order valence-corrected chi connectivity index (χ0v) is 12.1. The van der Waals surface area contributed by atoms with E-state index >= 15 is 0 Å². The van der Waals surface area contributed by atoms with E-state index < -0.39 is 10.8 Å². The van der Waals surface area contributed by atoms with Gasteiger partial charge in [0.1, 0.15) is 0 Å². The van der Waals surface area contributed by atoms with Crippen molar-refractivity contribution in [3.05, 3.63) is 35.4 Å². The Bertz CT molecular complexity index is 408. The molecule has 1 rings (SSSR count). The first-order valence-corrected chi connectivity index (χ1v) is 6.23. The molecular formula is C16H22O2. The molecule has 18 heavy (non-hydrogen) atoms. The molecule has 0 radical (unpaired) electrons. The fraction of sp³-hybridized carbons (Fsp3) is 0.500. The van der Waals surface area contributed by atoms with Crippen LogP contribution in [0.2, 0.25) is 0 Å². The molecule has 0 unspecified atom stereocenters. The topological polar surface area (TPSA) is 34.1 Å². The smallest absolute Gasteiger partial charge is 0.168 e. The molecule has 0 aliphatic rings. The molecule has 2 nitrogen and oxygen atoms in total. The quantitative estimate of drug-likeness (QED) is 0.735. The van der Waals surface area contributed by atoms with Gasteiger partial charge in [-0.25, -0.2) is 0 Å². The maximum absolute atomic E-state index is 12.1. The molecule has 0 heterocycles. The molecule has 0 fully saturated rings. The summed E-state index contributed by atoms with van der Waals surface area (Å²) >= 11 is 0. The summed E-state index contributed by atoms with van der Waals surface area (Å²) in [6.45, 7) is 11.4. The molecular weight excluding hydrogens is 224 g/mol. The molecule has 0 aliphatic heterocycles. The average Bonchev–Trinajstić information content (AvgIpc) is 2.25. The van der Waals surface area contributed by atoms with E-state index in [-0.39, 0.29) is 11.6 Å². The third-order valence-corrected chi connectivity index (χ3v) is 2.77. The van der Waals surface area contributed by atoms with Gasteiger partial charge < -0.3 is 0 Å². The van der Waals surface area contributed by atoms with Crippen LogP contribution in [0.15, 0.2) is 24.3 Å². The SMILES string of the molecule is CC(C)(C)C(=O)c1ccc(C(=O)C(C)(C)C)cc1. The Hall–Kier alpha value is -1.44. The molecule has 0 aliphatic carbocycles. The second-order valence-electron chi connectivity index (χ2n) is 6.74. The summed E-state index contributed by atoms with van der Waals surface area (Å²) in [5.41, 5.74) is 0.534. The molecule has 0 atom stereocenters. The lowest BCUT2D eigenvalue weighted by Crippen LogP contribution is -2.22. The Kier molecular flexibility index (Phi) is 3.80. The summed E-state index contributed by atoms with van der Waals surface area (Å²) in [4.78, 5) is 24.1. The van der Waals surface area contributed by atoms with Gasteiger partial charge in [0.05, 0.1) is 0 Å². The van der Waals surface area contributed by atoms with Crippen molar-refractivity contribution in [2.24, 2.45) is 10.8 Å². The highest BCUT2D eigenvalue weighted by Crippen LogP contribution is 2.24. The molecule has 0 saturated carbocycles. The largest absolute Gasteiger partial charge is 0.294 e. The number of Topliss-reactive ketones (excluding diaryl/α,β-unsaturated/α-hetero) is 2. The van der Waals surface area contributed by atoms with Crippen LogP contribution in [0.3, 0.4) is 0 Å². The van der Waals surface area contributed by atoms with E-state index in [1.54, 1.807) is 24.3 Å². The molecule has 0 N–H and O–H groups in total. The van der Waals surface area contributed by atoms with Crippen LogP contribution >= 0.6 is 0 Å². The lowest BCUT2D eigenvalue weighted by atomic mass is 9.84. The molecule has 0 aromatic heterocycles. The second-order valence-corrected chi connectivity index (χ2v) is 6.74. The predicted octanol–water partition coefficient (Wildman–Crippen LogP) is 4.14. The maximum Gasteiger partial charge on any atom is 0.168 e. The summed E-state index contributed by atoms with van der Waals surface area (Å²) < 4.78 is 0. The Labute approximate surface area is 109 Å². The summed E-state index contributed by atoms with van der Waals surface area (Å²) in [7, 11) is 0. The Morgan fingerprint density at radius 3 is 1.06 bits per heavy atom. The fourth-order valence-corrected chi connectivity index (χ4v) is 1.64. The van der Waals surface area contributed by atoms with Crippen LogP contribution in [0.4, 0.5) is 0 Å². The Balaban J connectivity index is 3.01. The van der Waals surface area contributed by atoms with Crippen LogP contribution in [0.5, 0.6) is 0 Å². The van der Waals surface area contributed by atoms with Gasteiger partial charge in [-0.05, 0) is 0 Å². The minimum atomic E-state index is -0.393. The Morgan fingerprint density at radius 2 is 0.889 bits per heavy atom. The monoisotopic (exact) mass is 246 g/mol. The van der Waals surface area contributed by atoms with Crippen molar-refractivity contribution in [3.8, 4) is 0 Å². The zero-order valence-electron chi connectivity index (χ0n) is 12.1. The van der Waals surface area contributed by atoms with Gasteiger partial charge in [-0.2, -0.15) is 0 Å². The number of carbonyl (C=O) groups is 2. The van der Waals surface area contributed by atoms with E-state index in [1.807, 2.05) is 41.5 Å². The minimum absolute atomic E-state index is 0.0947. The molecule has 98 valence electrons. The molecule has 0 bridgehead atoms. The number of carbonyl (C=O) groups excluding carboxylic acids is 2. The zero-order chi connectivity index (χ0) is 14.1. The summed E-state index contributed by atoms with van der Waals surface area (Å²) in [5, 5.41) is 0. The highest BCUT2D eigenvalue weighted by molar-refractivity contribution is 6.03. The van der Waals surface area contributed by atoms with Gasteiger partial charge >= 0.3 is 0 Å². The van der Waals surface area contributed by atoms with E-state index in [9.17, 15) is 9.59 Å². The third kappa shape index (κ3) is 3.28. The first-order chi connectivity index (χ1) is 8.03. The van der Waals surface area contributed by atoms with E-state index in [1.165, 1.54) is 0 Å². The van der Waals surface area contributed by atoms with Gasteiger partial charge in [-0.1, -0.05) is 65.8 Å². The van der Waals surface area contributed by atoms with Crippen LogP contribution in [0.25, 0.3) is 0 Å². The van der Waals surface area contributed by atoms with E-state index in [2.05, 4.69) is 0 Å². The summed E-state index contributed by atoms with van der Waals surface area (Å²) in [6.07, 6.45) is 0. The highest BCUT2D eigenvalue weighted by Gasteiger charge is 2.25. The molecule has 0 spiro atoms. The van der Waals surface area contributed by atoms with Crippen LogP contribution in [0.1, 0.15) is 62.3 Å². The Morgan fingerprint density at radius 1 is 0.667 bits per heavy atom. The molecule has 0 saturated heterocycles. The van der Waals surface area contributed by atoms with E-state index in [0.717, 1.165) is 0 Å². The number of hydrogen-bond acceptors (Lipinski definition) is 2. The number of ketones is 2. The van der Waals surface area contributed by atoms with Crippen LogP contribution in [0, 0.1) is 10.8 Å². The van der Waals surface area contributed by atoms with Gasteiger partial charge in [0.15, 0.2) is 11.6 Å². The summed E-state index contributed by atoms with van der Waals surface area (Å²) in [5.74, 6) is 0.189. The highest BCUT2D eigenvalue weighted by atomic mass is 16.1. The minimum Gasteiger partial charge on any atom is -0.294 e. The average molecular weight is 246 g/mol.